The van der Waals surface area contributed by atoms with Gasteiger partial charge in [-0.05, 0) is 31.9 Å². The normalized spacial score (nSPS) is 19.9. The first-order valence-electron chi connectivity index (χ1n) is 7.13. The van der Waals surface area contributed by atoms with Crippen molar-refractivity contribution in [1.82, 2.24) is 14.2 Å². The van der Waals surface area contributed by atoms with Crippen molar-refractivity contribution in [2.75, 3.05) is 19.3 Å². The second-order valence-corrected chi connectivity index (χ2v) is 7.67. The molecule has 1 N–H and O–H groups in total. The van der Waals surface area contributed by atoms with Gasteiger partial charge >= 0.3 is 0 Å². The largest absolute Gasteiger partial charge is 0.348 e. The molecule has 2 rings (SSSR count). The fourth-order valence-corrected chi connectivity index (χ4v) is 3.44. The van der Waals surface area contributed by atoms with Gasteiger partial charge in [0.1, 0.15) is 5.56 Å². The smallest absolute Gasteiger partial charge is 0.263 e. The zero-order valence-electron chi connectivity index (χ0n) is 13.0. The minimum atomic E-state index is -3.26. The summed E-state index contributed by atoms with van der Waals surface area (Å²) < 4.78 is 25.9. The molecule has 1 aromatic heterocycles. The maximum Gasteiger partial charge on any atom is 0.263 e. The Morgan fingerprint density at radius 3 is 2.68 bits per heavy atom. The number of amides is 1. The van der Waals surface area contributed by atoms with E-state index in [-0.39, 0.29) is 23.7 Å². The second kappa shape index (κ2) is 6.21. The Morgan fingerprint density at radius 2 is 2.05 bits per heavy atom. The Morgan fingerprint density at radius 1 is 1.36 bits per heavy atom. The first-order valence-corrected chi connectivity index (χ1v) is 8.97. The summed E-state index contributed by atoms with van der Waals surface area (Å²) in [5, 5.41) is 2.77. The number of hydrogen-bond donors (Lipinski definition) is 1. The van der Waals surface area contributed by atoms with Gasteiger partial charge in [0.2, 0.25) is 10.0 Å². The summed E-state index contributed by atoms with van der Waals surface area (Å²) in [6, 6.07) is 2.94. The molecule has 1 aliphatic heterocycles. The molecule has 1 aliphatic rings. The van der Waals surface area contributed by atoms with Crippen molar-refractivity contribution in [2.45, 2.75) is 25.8 Å². The van der Waals surface area contributed by atoms with Crippen molar-refractivity contribution in [1.29, 1.82) is 0 Å². The summed E-state index contributed by atoms with van der Waals surface area (Å²) in [4.78, 5) is 24.4. The van der Waals surface area contributed by atoms with E-state index in [4.69, 9.17) is 0 Å². The zero-order valence-corrected chi connectivity index (χ0v) is 13.8. The first-order chi connectivity index (χ1) is 10.2. The van der Waals surface area contributed by atoms with Crippen LogP contribution in [0, 0.1) is 6.92 Å². The maximum atomic E-state index is 12.3. The molecule has 1 atom stereocenters. The summed E-state index contributed by atoms with van der Waals surface area (Å²) in [6.45, 7) is 2.50. The van der Waals surface area contributed by atoms with Gasteiger partial charge in [-0.2, -0.15) is 0 Å². The van der Waals surface area contributed by atoms with Crippen molar-refractivity contribution in [3.05, 3.63) is 33.7 Å². The lowest BCUT2D eigenvalue weighted by molar-refractivity contribution is 0.0919. The topological polar surface area (TPSA) is 88.5 Å². The molecule has 8 heteroatoms. The summed E-state index contributed by atoms with van der Waals surface area (Å²) in [6.07, 6.45) is 2.54. The molecule has 0 unspecified atom stereocenters. The van der Waals surface area contributed by atoms with E-state index in [9.17, 15) is 18.0 Å². The number of pyridine rings is 1. The lowest BCUT2D eigenvalue weighted by Gasteiger charge is -2.31. The summed E-state index contributed by atoms with van der Waals surface area (Å²) in [5.74, 6) is -0.457. The van der Waals surface area contributed by atoms with Gasteiger partial charge in [0.15, 0.2) is 0 Å². The van der Waals surface area contributed by atoms with Gasteiger partial charge in [-0.3, -0.25) is 9.59 Å². The van der Waals surface area contributed by atoms with E-state index in [0.29, 0.717) is 19.4 Å². The molecule has 122 valence electrons. The van der Waals surface area contributed by atoms with Crippen LogP contribution in [0.2, 0.25) is 0 Å². The van der Waals surface area contributed by atoms with E-state index in [0.717, 1.165) is 11.9 Å². The van der Waals surface area contributed by atoms with E-state index in [1.807, 2.05) is 0 Å². The fourth-order valence-electron chi connectivity index (χ4n) is 2.53. The lowest BCUT2D eigenvalue weighted by atomic mass is 10.1. The van der Waals surface area contributed by atoms with Gasteiger partial charge in [0.25, 0.3) is 11.5 Å². The van der Waals surface area contributed by atoms with E-state index >= 15 is 0 Å². The van der Waals surface area contributed by atoms with E-state index < -0.39 is 15.9 Å². The predicted molar refractivity (Wildman–Crippen MR) is 83.3 cm³/mol. The molecule has 1 fully saturated rings. The van der Waals surface area contributed by atoms with Crippen LogP contribution in [0.25, 0.3) is 0 Å². The number of sulfonamides is 1. The number of piperidine rings is 1. The third-order valence-corrected chi connectivity index (χ3v) is 5.26. The number of carbonyl (C=O) groups excluding carboxylic acids is 1. The van der Waals surface area contributed by atoms with Gasteiger partial charge in [-0.25, -0.2) is 12.7 Å². The van der Waals surface area contributed by atoms with E-state index in [1.165, 1.54) is 14.9 Å². The van der Waals surface area contributed by atoms with Crippen LogP contribution in [0.1, 0.15) is 28.9 Å². The van der Waals surface area contributed by atoms with Crippen LogP contribution in [0.3, 0.4) is 0 Å². The van der Waals surface area contributed by atoms with Crippen LogP contribution in [0.15, 0.2) is 16.9 Å². The molecule has 1 saturated heterocycles. The van der Waals surface area contributed by atoms with Gasteiger partial charge in [-0.15, -0.1) is 0 Å². The highest BCUT2D eigenvalue weighted by molar-refractivity contribution is 7.88. The minimum Gasteiger partial charge on any atom is -0.348 e. The molecule has 7 nitrogen and oxygen atoms in total. The third kappa shape index (κ3) is 3.56. The van der Waals surface area contributed by atoms with Crippen LogP contribution >= 0.6 is 0 Å². The van der Waals surface area contributed by atoms with Gasteiger partial charge < -0.3 is 9.88 Å². The highest BCUT2D eigenvalue weighted by Gasteiger charge is 2.27. The number of rotatable bonds is 3. The molecule has 1 aromatic rings. The molecule has 2 heterocycles. The molecule has 0 radical (unpaired) electrons. The van der Waals surface area contributed by atoms with Crippen molar-refractivity contribution >= 4 is 15.9 Å². The number of carbonyl (C=O) groups is 1. The SMILES string of the molecule is Cc1ccc(C(=O)N[C@@H]2CCCN(S(C)(=O)=O)C2)c(=O)n1C. The molecular formula is C14H21N3O4S. The summed E-state index contributed by atoms with van der Waals surface area (Å²) in [5.41, 5.74) is 0.486. The quantitative estimate of drug-likeness (QED) is 0.836. The number of aromatic nitrogens is 1. The highest BCUT2D eigenvalue weighted by atomic mass is 32.2. The van der Waals surface area contributed by atoms with Gasteiger partial charge in [0.05, 0.1) is 6.26 Å². The highest BCUT2D eigenvalue weighted by Crippen LogP contribution is 2.13. The molecule has 0 saturated carbocycles. The Balaban J connectivity index is 2.13. The molecule has 0 aromatic carbocycles. The second-order valence-electron chi connectivity index (χ2n) is 5.69. The lowest BCUT2D eigenvalue weighted by Crippen LogP contribution is -2.50. The van der Waals surface area contributed by atoms with Crippen LogP contribution < -0.4 is 10.9 Å². The summed E-state index contributed by atoms with van der Waals surface area (Å²) in [7, 11) is -1.65. The Kier molecular flexibility index (Phi) is 4.72. The van der Waals surface area contributed by atoms with Crippen LogP contribution in [0.4, 0.5) is 0 Å². The zero-order chi connectivity index (χ0) is 16.5. The molecular weight excluding hydrogens is 306 g/mol. The van der Waals surface area contributed by atoms with E-state index in [2.05, 4.69) is 5.32 Å². The predicted octanol–water partition coefficient (Wildman–Crippen LogP) is -0.152. The molecule has 22 heavy (non-hydrogen) atoms. The minimum absolute atomic E-state index is 0.0737. The monoisotopic (exact) mass is 327 g/mol. The number of hydrogen-bond acceptors (Lipinski definition) is 4. The number of nitrogens with one attached hydrogen (secondary N) is 1. The van der Waals surface area contributed by atoms with Crippen molar-refractivity contribution < 1.29 is 13.2 Å². The fraction of sp³-hybridized carbons (Fsp3) is 0.571. The maximum absolute atomic E-state index is 12.3. The Hall–Kier alpha value is -1.67. The molecule has 0 bridgehead atoms. The molecule has 0 aliphatic carbocycles. The standard InChI is InChI=1S/C14H21N3O4S/c1-10-6-7-12(14(19)16(10)2)13(18)15-11-5-4-8-17(9-11)22(3,20)21/h6-7,11H,4-5,8-9H2,1-3H3,(H,15,18)/t11-/m1/s1. The Bertz CT molecular complexity index is 739. The van der Waals surface area contributed by atoms with E-state index in [1.54, 1.807) is 20.0 Å². The van der Waals surface area contributed by atoms with Crippen LogP contribution in [0.5, 0.6) is 0 Å². The molecule has 1 amide bonds. The van der Waals surface area contributed by atoms with Crippen molar-refractivity contribution in [3.63, 3.8) is 0 Å². The van der Waals surface area contributed by atoms with Crippen molar-refractivity contribution in [2.24, 2.45) is 7.05 Å². The number of aryl methyl sites for hydroxylation is 1. The summed E-state index contributed by atoms with van der Waals surface area (Å²) >= 11 is 0. The molecule has 0 spiro atoms. The number of nitrogens with zero attached hydrogens (tertiary/aromatic N) is 2. The average Bonchev–Trinajstić information content (AvgIpc) is 2.44. The third-order valence-electron chi connectivity index (χ3n) is 3.99. The van der Waals surface area contributed by atoms with Crippen LogP contribution in [-0.4, -0.2) is 48.6 Å². The van der Waals surface area contributed by atoms with Gasteiger partial charge in [-0.1, -0.05) is 0 Å². The average molecular weight is 327 g/mol. The van der Waals surface area contributed by atoms with Crippen molar-refractivity contribution in [3.8, 4) is 0 Å². The van der Waals surface area contributed by atoms with Crippen LogP contribution in [-0.2, 0) is 17.1 Å². The first kappa shape index (κ1) is 16.7. The Labute approximate surface area is 130 Å². The van der Waals surface area contributed by atoms with Gasteiger partial charge in [0, 0.05) is 31.9 Å².